The third-order valence-corrected chi connectivity index (χ3v) is 5.49. The fourth-order valence-corrected chi connectivity index (χ4v) is 3.51. The van der Waals surface area contributed by atoms with Gasteiger partial charge in [0.25, 0.3) is 0 Å². The van der Waals surface area contributed by atoms with E-state index >= 15 is 0 Å². The van der Waals surface area contributed by atoms with E-state index in [1.54, 1.807) is 0 Å². The Balaban J connectivity index is 1.75. The number of nitrogens with zero attached hydrogens (tertiary/aromatic N) is 1. The molecule has 0 aliphatic carbocycles. The molecular formula is C21H41NO. The lowest BCUT2D eigenvalue weighted by Gasteiger charge is -2.14. The van der Waals surface area contributed by atoms with E-state index in [-0.39, 0.29) is 0 Å². The van der Waals surface area contributed by atoms with Crippen molar-refractivity contribution in [2.45, 2.75) is 110 Å². The van der Waals surface area contributed by atoms with Crippen molar-refractivity contribution in [3.05, 3.63) is 0 Å². The first kappa shape index (κ1) is 20.5. The molecule has 1 saturated heterocycles. The van der Waals surface area contributed by atoms with Gasteiger partial charge in [0.05, 0.1) is 0 Å². The van der Waals surface area contributed by atoms with E-state index in [0.717, 1.165) is 31.8 Å². The summed E-state index contributed by atoms with van der Waals surface area (Å²) in [7, 11) is 0. The van der Waals surface area contributed by atoms with Gasteiger partial charge in [-0.1, -0.05) is 84.5 Å². The van der Waals surface area contributed by atoms with Gasteiger partial charge in [-0.15, -0.1) is 0 Å². The molecule has 1 fully saturated rings. The van der Waals surface area contributed by atoms with E-state index in [4.69, 9.17) is 0 Å². The second-order valence-corrected chi connectivity index (χ2v) is 7.68. The van der Waals surface area contributed by atoms with E-state index in [1.807, 2.05) is 0 Å². The third-order valence-electron chi connectivity index (χ3n) is 5.49. The number of rotatable bonds is 14. The van der Waals surface area contributed by atoms with Gasteiger partial charge in [0.2, 0.25) is 5.91 Å². The summed E-state index contributed by atoms with van der Waals surface area (Å²) < 4.78 is 0. The van der Waals surface area contributed by atoms with Gasteiger partial charge in [0.15, 0.2) is 0 Å². The highest BCUT2D eigenvalue weighted by Gasteiger charge is 2.16. The predicted octanol–water partition coefficient (Wildman–Crippen LogP) is 6.34. The molecule has 2 heteroatoms. The van der Waals surface area contributed by atoms with Crippen molar-refractivity contribution < 1.29 is 4.79 Å². The molecule has 0 saturated carbocycles. The number of carbonyl (C=O) groups is 1. The van der Waals surface area contributed by atoms with E-state index < -0.39 is 0 Å². The van der Waals surface area contributed by atoms with Crippen LogP contribution in [0.1, 0.15) is 110 Å². The van der Waals surface area contributed by atoms with Crippen molar-refractivity contribution in [3.63, 3.8) is 0 Å². The fraction of sp³-hybridized carbons (Fsp3) is 0.952. The van der Waals surface area contributed by atoms with Crippen molar-refractivity contribution in [3.8, 4) is 0 Å². The standard InChI is InChI=1S/C21H41NO/c1-3-20(2)16-12-10-8-6-4-5-7-9-11-13-17-21(23)22-18-14-15-19-22/h20H,3-19H2,1-2H3/t20-/m1/s1. The lowest BCUT2D eigenvalue weighted by atomic mass is 9.99. The van der Waals surface area contributed by atoms with Gasteiger partial charge in [-0.2, -0.15) is 0 Å². The van der Waals surface area contributed by atoms with Crippen LogP contribution in [-0.4, -0.2) is 23.9 Å². The van der Waals surface area contributed by atoms with Crippen molar-refractivity contribution in [1.29, 1.82) is 0 Å². The molecule has 0 spiro atoms. The van der Waals surface area contributed by atoms with Gasteiger partial charge in [0.1, 0.15) is 0 Å². The molecule has 2 nitrogen and oxygen atoms in total. The Morgan fingerprint density at radius 1 is 0.826 bits per heavy atom. The van der Waals surface area contributed by atoms with Crippen molar-refractivity contribution in [1.82, 2.24) is 4.90 Å². The van der Waals surface area contributed by atoms with Gasteiger partial charge in [-0.3, -0.25) is 4.79 Å². The second-order valence-electron chi connectivity index (χ2n) is 7.68. The lowest BCUT2D eigenvalue weighted by Crippen LogP contribution is -2.27. The highest BCUT2D eigenvalue weighted by atomic mass is 16.2. The maximum atomic E-state index is 11.9. The summed E-state index contributed by atoms with van der Waals surface area (Å²) in [5.41, 5.74) is 0. The zero-order chi connectivity index (χ0) is 16.8. The molecule has 136 valence electrons. The molecule has 0 aromatic rings. The predicted molar refractivity (Wildman–Crippen MR) is 101 cm³/mol. The number of likely N-dealkylation sites (tertiary alicyclic amines) is 1. The summed E-state index contributed by atoms with van der Waals surface area (Å²) in [4.78, 5) is 13.9. The Morgan fingerprint density at radius 3 is 1.83 bits per heavy atom. The lowest BCUT2D eigenvalue weighted by molar-refractivity contribution is -0.130. The average molecular weight is 324 g/mol. The van der Waals surface area contributed by atoms with Crippen LogP contribution in [0.3, 0.4) is 0 Å². The van der Waals surface area contributed by atoms with Crippen LogP contribution in [0.4, 0.5) is 0 Å². The molecule has 23 heavy (non-hydrogen) atoms. The third kappa shape index (κ3) is 10.8. The quantitative estimate of drug-likeness (QED) is 0.342. The molecule has 0 unspecified atom stereocenters. The summed E-state index contributed by atoms with van der Waals surface area (Å²) in [5.74, 6) is 1.33. The molecule has 1 aliphatic rings. The topological polar surface area (TPSA) is 20.3 Å². The minimum absolute atomic E-state index is 0.403. The van der Waals surface area contributed by atoms with Gasteiger partial charge >= 0.3 is 0 Å². The molecule has 0 bridgehead atoms. The largest absolute Gasteiger partial charge is 0.343 e. The van der Waals surface area contributed by atoms with Crippen LogP contribution in [0.25, 0.3) is 0 Å². The first-order valence-corrected chi connectivity index (χ1v) is 10.5. The van der Waals surface area contributed by atoms with Gasteiger partial charge in [0, 0.05) is 19.5 Å². The minimum Gasteiger partial charge on any atom is -0.343 e. The zero-order valence-corrected chi connectivity index (χ0v) is 16.0. The van der Waals surface area contributed by atoms with Gasteiger partial charge < -0.3 is 4.90 Å². The van der Waals surface area contributed by atoms with E-state index in [2.05, 4.69) is 18.7 Å². The number of hydrogen-bond donors (Lipinski definition) is 0. The maximum Gasteiger partial charge on any atom is 0.222 e. The van der Waals surface area contributed by atoms with Crippen LogP contribution in [0.15, 0.2) is 0 Å². The van der Waals surface area contributed by atoms with E-state index in [9.17, 15) is 4.79 Å². The molecule has 0 aromatic carbocycles. The Hall–Kier alpha value is -0.530. The molecule has 1 aliphatic heterocycles. The summed E-state index contributed by atoms with van der Waals surface area (Å²) in [6.07, 6.45) is 19.5. The van der Waals surface area contributed by atoms with Crippen molar-refractivity contribution in [2.75, 3.05) is 13.1 Å². The van der Waals surface area contributed by atoms with Crippen LogP contribution < -0.4 is 0 Å². The highest BCUT2D eigenvalue weighted by molar-refractivity contribution is 5.76. The summed E-state index contributed by atoms with van der Waals surface area (Å²) in [5, 5.41) is 0. The SMILES string of the molecule is CC[C@@H](C)CCCCCCCCCCCCC(=O)N1CCCC1. The summed E-state index contributed by atoms with van der Waals surface area (Å²) in [6.45, 7) is 6.69. The van der Waals surface area contributed by atoms with E-state index in [0.29, 0.717) is 5.91 Å². The average Bonchev–Trinajstić information content (AvgIpc) is 3.10. The number of amides is 1. The van der Waals surface area contributed by atoms with Gasteiger partial charge in [-0.05, 0) is 25.2 Å². The van der Waals surface area contributed by atoms with Crippen LogP contribution in [0, 0.1) is 5.92 Å². The number of hydrogen-bond acceptors (Lipinski definition) is 1. The fourth-order valence-electron chi connectivity index (χ4n) is 3.51. The first-order chi connectivity index (χ1) is 11.2. The van der Waals surface area contributed by atoms with Crippen molar-refractivity contribution in [2.24, 2.45) is 5.92 Å². The second kappa shape index (κ2) is 13.9. The smallest absolute Gasteiger partial charge is 0.222 e. The summed E-state index contributed by atoms with van der Waals surface area (Å²) >= 11 is 0. The Morgan fingerprint density at radius 2 is 1.30 bits per heavy atom. The normalized spacial score (nSPS) is 16.0. The van der Waals surface area contributed by atoms with Gasteiger partial charge in [-0.25, -0.2) is 0 Å². The Labute approximate surface area is 145 Å². The summed E-state index contributed by atoms with van der Waals surface area (Å²) in [6, 6.07) is 0. The van der Waals surface area contributed by atoms with Crippen molar-refractivity contribution >= 4 is 5.91 Å². The Kier molecular flexibility index (Phi) is 12.4. The monoisotopic (exact) mass is 323 g/mol. The highest BCUT2D eigenvalue weighted by Crippen LogP contribution is 2.16. The molecule has 0 radical (unpaired) electrons. The van der Waals surface area contributed by atoms with Crippen LogP contribution in [-0.2, 0) is 4.79 Å². The van der Waals surface area contributed by atoms with Crippen LogP contribution in [0.5, 0.6) is 0 Å². The number of carbonyl (C=O) groups excluding carboxylic acids is 1. The molecule has 1 amide bonds. The molecular weight excluding hydrogens is 282 g/mol. The van der Waals surface area contributed by atoms with Crippen LogP contribution in [0.2, 0.25) is 0 Å². The van der Waals surface area contributed by atoms with Crippen LogP contribution >= 0.6 is 0 Å². The molecule has 1 atom stereocenters. The molecule has 1 rings (SSSR count). The molecule has 1 heterocycles. The Bertz CT molecular complexity index is 284. The number of unbranched alkanes of at least 4 members (excludes halogenated alkanes) is 9. The zero-order valence-electron chi connectivity index (χ0n) is 16.0. The maximum absolute atomic E-state index is 11.9. The minimum atomic E-state index is 0.403. The molecule has 0 aromatic heterocycles. The molecule has 0 N–H and O–H groups in total. The first-order valence-electron chi connectivity index (χ1n) is 10.5. The van der Waals surface area contributed by atoms with E-state index in [1.165, 1.54) is 83.5 Å².